The maximum atomic E-state index is 11.9. The molecule has 3 N–H and O–H groups in total. The van der Waals surface area contributed by atoms with E-state index in [0.29, 0.717) is 16.8 Å². The average Bonchev–Trinajstić information content (AvgIpc) is 3.05. The van der Waals surface area contributed by atoms with E-state index >= 15 is 0 Å². The van der Waals surface area contributed by atoms with Crippen molar-refractivity contribution in [2.75, 3.05) is 5.32 Å². The van der Waals surface area contributed by atoms with Crippen molar-refractivity contribution < 1.29 is 4.79 Å². The van der Waals surface area contributed by atoms with Gasteiger partial charge in [0, 0.05) is 0 Å². The maximum absolute atomic E-state index is 11.9. The number of hydrogen-bond acceptors (Lipinski definition) is 3. The van der Waals surface area contributed by atoms with Gasteiger partial charge in [-0.05, 0) is 37.8 Å². The fraction of sp³-hybridized carbons (Fsp3) is 0.455. The lowest BCUT2D eigenvalue weighted by Gasteiger charge is -2.22. The molecule has 1 aromatic rings. The van der Waals surface area contributed by atoms with E-state index in [9.17, 15) is 4.79 Å². The van der Waals surface area contributed by atoms with Gasteiger partial charge < -0.3 is 11.1 Å². The molecule has 2 rings (SSSR count). The largest absolute Gasteiger partial charge is 0.323 e. The first kappa shape index (κ1) is 11.4. The number of halogens is 1. The van der Waals surface area contributed by atoms with Crippen LogP contribution in [0, 0.1) is 5.92 Å². The summed E-state index contributed by atoms with van der Waals surface area (Å²) in [5, 5.41) is 3.14. The number of hydrogen-bond donors (Lipinski definition) is 2. The first-order valence-corrected chi connectivity index (χ1v) is 5.60. The van der Waals surface area contributed by atoms with Crippen LogP contribution in [0.2, 0.25) is 5.15 Å². The molecule has 5 heteroatoms. The smallest absolute Gasteiger partial charge is 0.244 e. The number of nitrogens with zero attached hydrogens (tertiary/aromatic N) is 1. The van der Waals surface area contributed by atoms with E-state index in [1.54, 1.807) is 19.1 Å². The zero-order valence-corrected chi connectivity index (χ0v) is 9.79. The molecule has 1 heterocycles. The van der Waals surface area contributed by atoms with Crippen molar-refractivity contribution in [1.82, 2.24) is 4.98 Å². The van der Waals surface area contributed by atoms with Crippen LogP contribution in [0.4, 0.5) is 5.69 Å². The Morgan fingerprint density at radius 2 is 2.31 bits per heavy atom. The number of carbonyl (C=O) groups excluding carboxylic acids is 1. The molecule has 1 aliphatic carbocycles. The molecule has 0 aliphatic heterocycles. The lowest BCUT2D eigenvalue weighted by molar-refractivity contribution is -0.121. The summed E-state index contributed by atoms with van der Waals surface area (Å²) in [6.45, 7) is 1.77. The van der Waals surface area contributed by atoms with E-state index in [1.165, 1.54) is 6.20 Å². The van der Waals surface area contributed by atoms with E-state index in [2.05, 4.69) is 10.3 Å². The van der Waals surface area contributed by atoms with Gasteiger partial charge in [-0.3, -0.25) is 4.79 Å². The first-order chi connectivity index (χ1) is 7.50. The number of nitrogens with one attached hydrogen (secondary N) is 1. The first-order valence-electron chi connectivity index (χ1n) is 5.22. The van der Waals surface area contributed by atoms with Crippen LogP contribution >= 0.6 is 11.6 Å². The molecule has 1 saturated carbocycles. The molecule has 0 bridgehead atoms. The minimum Gasteiger partial charge on any atom is -0.323 e. The summed E-state index contributed by atoms with van der Waals surface area (Å²) >= 11 is 5.65. The Balaban J connectivity index is 2.04. The molecule has 0 radical (unpaired) electrons. The van der Waals surface area contributed by atoms with Crippen molar-refractivity contribution in [1.29, 1.82) is 0 Å². The van der Waals surface area contributed by atoms with Gasteiger partial charge in [-0.15, -0.1) is 0 Å². The molecular weight excluding hydrogens is 226 g/mol. The van der Waals surface area contributed by atoms with Gasteiger partial charge in [-0.25, -0.2) is 4.98 Å². The van der Waals surface area contributed by atoms with Crippen LogP contribution in [0.3, 0.4) is 0 Å². The molecular formula is C11H14ClN3O. The quantitative estimate of drug-likeness (QED) is 0.791. The van der Waals surface area contributed by atoms with Gasteiger partial charge in [0.05, 0.1) is 17.4 Å². The van der Waals surface area contributed by atoms with Crippen molar-refractivity contribution >= 4 is 23.2 Å². The van der Waals surface area contributed by atoms with E-state index in [1.807, 2.05) is 0 Å². The topological polar surface area (TPSA) is 68.0 Å². The molecule has 86 valence electrons. The molecule has 4 nitrogen and oxygen atoms in total. The van der Waals surface area contributed by atoms with E-state index < -0.39 is 5.54 Å². The number of amides is 1. The SMILES string of the molecule is CC(N)(C(=O)Nc1ccc(Cl)nc1)C1CC1. The van der Waals surface area contributed by atoms with Gasteiger partial charge in [0.2, 0.25) is 5.91 Å². The number of pyridine rings is 1. The standard InChI is InChI=1S/C11H14ClN3O/c1-11(13,7-2-3-7)10(16)15-8-4-5-9(12)14-6-8/h4-7H,2-3,13H2,1H3,(H,15,16). The number of aromatic nitrogens is 1. The lowest BCUT2D eigenvalue weighted by atomic mass is 9.96. The zero-order chi connectivity index (χ0) is 11.8. The fourth-order valence-electron chi connectivity index (χ4n) is 1.58. The van der Waals surface area contributed by atoms with Crippen LogP contribution in [0.25, 0.3) is 0 Å². The van der Waals surface area contributed by atoms with Crippen molar-refractivity contribution in [3.63, 3.8) is 0 Å². The highest BCUT2D eigenvalue weighted by atomic mass is 35.5. The lowest BCUT2D eigenvalue weighted by Crippen LogP contribution is -2.50. The molecule has 1 aliphatic rings. The van der Waals surface area contributed by atoms with E-state index in [4.69, 9.17) is 17.3 Å². The average molecular weight is 240 g/mol. The maximum Gasteiger partial charge on any atom is 0.244 e. The highest BCUT2D eigenvalue weighted by Crippen LogP contribution is 2.38. The van der Waals surface area contributed by atoms with Gasteiger partial charge in [0.15, 0.2) is 0 Å². The molecule has 0 aromatic carbocycles. The predicted molar refractivity (Wildman–Crippen MR) is 63.2 cm³/mol. The molecule has 1 amide bonds. The van der Waals surface area contributed by atoms with Crippen LogP contribution in [-0.4, -0.2) is 16.4 Å². The summed E-state index contributed by atoms with van der Waals surface area (Å²) in [7, 11) is 0. The number of carbonyl (C=O) groups is 1. The third-order valence-electron chi connectivity index (χ3n) is 2.90. The van der Waals surface area contributed by atoms with Crippen LogP contribution < -0.4 is 11.1 Å². The summed E-state index contributed by atoms with van der Waals surface area (Å²) in [4.78, 5) is 15.8. The number of anilines is 1. The molecule has 1 aromatic heterocycles. The normalized spacial score (nSPS) is 18.9. The molecule has 16 heavy (non-hydrogen) atoms. The Labute approximate surface area is 99.2 Å². The van der Waals surface area contributed by atoms with Gasteiger partial charge in [-0.1, -0.05) is 11.6 Å². The molecule has 1 fully saturated rings. The monoisotopic (exact) mass is 239 g/mol. The van der Waals surface area contributed by atoms with Gasteiger partial charge in [0.25, 0.3) is 0 Å². The highest BCUT2D eigenvalue weighted by molar-refractivity contribution is 6.29. The van der Waals surface area contributed by atoms with Crippen molar-refractivity contribution in [3.8, 4) is 0 Å². The Kier molecular flexibility index (Phi) is 2.86. The van der Waals surface area contributed by atoms with Crippen molar-refractivity contribution in [2.24, 2.45) is 11.7 Å². The minimum atomic E-state index is -0.792. The van der Waals surface area contributed by atoms with Crippen LogP contribution in [-0.2, 0) is 4.79 Å². The Bertz CT molecular complexity index is 398. The Hall–Kier alpha value is -1.13. The third-order valence-corrected chi connectivity index (χ3v) is 3.12. The highest BCUT2D eigenvalue weighted by Gasteiger charge is 2.44. The van der Waals surface area contributed by atoms with Crippen LogP contribution in [0.5, 0.6) is 0 Å². The zero-order valence-electron chi connectivity index (χ0n) is 9.03. The number of rotatable bonds is 3. The Morgan fingerprint density at radius 1 is 1.62 bits per heavy atom. The molecule has 1 unspecified atom stereocenters. The van der Waals surface area contributed by atoms with E-state index in [-0.39, 0.29) is 5.91 Å². The van der Waals surface area contributed by atoms with Gasteiger partial charge in [-0.2, -0.15) is 0 Å². The van der Waals surface area contributed by atoms with Gasteiger partial charge >= 0.3 is 0 Å². The second kappa shape index (κ2) is 4.03. The van der Waals surface area contributed by atoms with Gasteiger partial charge in [0.1, 0.15) is 5.15 Å². The third kappa shape index (κ3) is 2.33. The summed E-state index contributed by atoms with van der Waals surface area (Å²) < 4.78 is 0. The summed E-state index contributed by atoms with van der Waals surface area (Å²) in [6.07, 6.45) is 3.57. The second-order valence-electron chi connectivity index (χ2n) is 4.38. The molecule has 0 saturated heterocycles. The number of nitrogens with two attached hydrogens (primary N) is 1. The fourth-order valence-corrected chi connectivity index (χ4v) is 1.70. The van der Waals surface area contributed by atoms with E-state index in [0.717, 1.165) is 12.8 Å². The summed E-state index contributed by atoms with van der Waals surface area (Å²) in [6, 6.07) is 3.33. The Morgan fingerprint density at radius 3 is 2.81 bits per heavy atom. The van der Waals surface area contributed by atoms with Crippen molar-refractivity contribution in [2.45, 2.75) is 25.3 Å². The van der Waals surface area contributed by atoms with Crippen molar-refractivity contribution in [3.05, 3.63) is 23.5 Å². The summed E-state index contributed by atoms with van der Waals surface area (Å²) in [5.41, 5.74) is 5.81. The molecule has 1 atom stereocenters. The second-order valence-corrected chi connectivity index (χ2v) is 4.77. The van der Waals surface area contributed by atoms with Crippen LogP contribution in [0.1, 0.15) is 19.8 Å². The molecule has 0 spiro atoms. The predicted octanol–water partition coefficient (Wildman–Crippen LogP) is 1.80. The van der Waals surface area contributed by atoms with Crippen LogP contribution in [0.15, 0.2) is 18.3 Å². The minimum absolute atomic E-state index is 0.167. The summed E-state index contributed by atoms with van der Waals surface area (Å²) in [5.74, 6) is 0.131.